The van der Waals surface area contributed by atoms with Crippen LogP contribution in [0.5, 0.6) is 0 Å². The van der Waals surface area contributed by atoms with Crippen molar-refractivity contribution in [3.05, 3.63) is 185 Å². The van der Waals surface area contributed by atoms with Crippen molar-refractivity contribution in [3.8, 4) is 0 Å². The lowest BCUT2D eigenvalue weighted by atomic mass is 9.83. The summed E-state index contributed by atoms with van der Waals surface area (Å²) in [5, 5.41) is 3.12. The average molecular weight is 711 g/mol. The Morgan fingerprint density at radius 3 is 2.31 bits per heavy atom. The smallest absolute Gasteiger partial charge is 0.0640 e. The van der Waals surface area contributed by atoms with E-state index in [2.05, 4.69) is 173 Å². The van der Waals surface area contributed by atoms with Crippen LogP contribution in [0.1, 0.15) is 56.4 Å². The van der Waals surface area contributed by atoms with E-state index in [0.717, 1.165) is 19.3 Å². The van der Waals surface area contributed by atoms with Crippen molar-refractivity contribution >= 4 is 60.3 Å². The number of benzene rings is 4. The fraction of sp³-hybridized carbons (Fsp3) is 0.208. The molecule has 0 saturated heterocycles. The van der Waals surface area contributed by atoms with Crippen molar-refractivity contribution in [2.24, 2.45) is 5.92 Å². The van der Waals surface area contributed by atoms with Crippen molar-refractivity contribution in [1.29, 1.82) is 0 Å². The Hall–Kier alpha value is -4.77. The first-order valence-electron chi connectivity index (χ1n) is 19.0. The third kappa shape index (κ3) is 5.64. The van der Waals surface area contributed by atoms with Gasteiger partial charge in [-0.25, -0.2) is 0 Å². The molecule has 0 radical (unpaired) electrons. The maximum absolute atomic E-state index is 2.54. The van der Waals surface area contributed by atoms with Gasteiger partial charge in [-0.15, -0.1) is 23.1 Å². The van der Waals surface area contributed by atoms with E-state index in [4.69, 9.17) is 0 Å². The molecule has 256 valence electrons. The molecule has 0 fully saturated rings. The molecule has 10 rings (SSSR count). The van der Waals surface area contributed by atoms with Crippen LogP contribution >= 0.6 is 23.1 Å². The summed E-state index contributed by atoms with van der Waals surface area (Å²) in [7, 11) is 0. The molecule has 1 aliphatic heterocycles. The van der Waals surface area contributed by atoms with Gasteiger partial charge in [0.2, 0.25) is 0 Å². The molecule has 4 aliphatic carbocycles. The van der Waals surface area contributed by atoms with Gasteiger partial charge >= 0.3 is 0 Å². The van der Waals surface area contributed by atoms with Crippen LogP contribution < -0.4 is 9.80 Å². The first-order valence-corrected chi connectivity index (χ1v) is 20.7. The van der Waals surface area contributed by atoms with Crippen LogP contribution in [0.4, 0.5) is 17.1 Å². The predicted octanol–water partition coefficient (Wildman–Crippen LogP) is 13.9. The van der Waals surface area contributed by atoms with Crippen molar-refractivity contribution < 1.29 is 0 Å². The quantitative estimate of drug-likeness (QED) is 0.166. The lowest BCUT2D eigenvalue weighted by Gasteiger charge is -2.36. The zero-order valence-corrected chi connectivity index (χ0v) is 31.0. The van der Waals surface area contributed by atoms with Crippen LogP contribution in [0.15, 0.2) is 179 Å². The maximum Gasteiger partial charge on any atom is 0.0640 e. The zero-order valence-electron chi connectivity index (χ0n) is 29.3. The summed E-state index contributed by atoms with van der Waals surface area (Å²) in [5.41, 5.74) is 10.7. The lowest BCUT2D eigenvalue weighted by molar-refractivity contribution is 0.629. The average Bonchev–Trinajstić information content (AvgIpc) is 3.79. The van der Waals surface area contributed by atoms with Crippen molar-refractivity contribution in [1.82, 2.24) is 0 Å². The lowest BCUT2D eigenvalue weighted by Crippen LogP contribution is -2.32. The number of fused-ring (bicyclic) bond motifs is 5. The van der Waals surface area contributed by atoms with E-state index in [0.29, 0.717) is 17.1 Å². The van der Waals surface area contributed by atoms with Crippen molar-refractivity contribution in [2.45, 2.75) is 56.1 Å². The molecule has 4 heteroatoms. The highest BCUT2D eigenvalue weighted by atomic mass is 32.2. The minimum atomic E-state index is 0.339. The molecule has 0 amide bonds. The van der Waals surface area contributed by atoms with Crippen LogP contribution in [-0.2, 0) is 0 Å². The van der Waals surface area contributed by atoms with Gasteiger partial charge in [0.05, 0.1) is 15.6 Å². The Balaban J connectivity index is 0.945. The van der Waals surface area contributed by atoms with Gasteiger partial charge in [0, 0.05) is 55.8 Å². The first kappa shape index (κ1) is 31.9. The number of anilines is 3. The van der Waals surface area contributed by atoms with Crippen LogP contribution in [0.25, 0.3) is 20.2 Å². The van der Waals surface area contributed by atoms with Gasteiger partial charge in [-0.1, -0.05) is 103 Å². The zero-order chi connectivity index (χ0) is 34.4. The van der Waals surface area contributed by atoms with Gasteiger partial charge in [0.1, 0.15) is 0 Å². The van der Waals surface area contributed by atoms with E-state index < -0.39 is 0 Å². The van der Waals surface area contributed by atoms with Gasteiger partial charge in [-0.3, -0.25) is 0 Å². The van der Waals surface area contributed by atoms with Crippen LogP contribution in [0.2, 0.25) is 0 Å². The molecular weight excluding hydrogens is 669 g/mol. The Morgan fingerprint density at radius 2 is 1.46 bits per heavy atom. The molecule has 0 saturated carbocycles. The van der Waals surface area contributed by atoms with E-state index in [1.807, 2.05) is 11.3 Å². The first-order chi connectivity index (χ1) is 25.8. The van der Waals surface area contributed by atoms with Crippen LogP contribution in [-0.4, -0.2) is 5.25 Å². The highest BCUT2D eigenvalue weighted by Crippen LogP contribution is 2.54. The second kappa shape index (κ2) is 13.7. The Morgan fingerprint density at radius 1 is 0.654 bits per heavy atom. The number of hydrogen-bond donors (Lipinski definition) is 0. The fourth-order valence-corrected chi connectivity index (χ4v) is 11.7. The monoisotopic (exact) mass is 710 g/mol. The van der Waals surface area contributed by atoms with Crippen LogP contribution in [0.3, 0.4) is 0 Å². The van der Waals surface area contributed by atoms with Gasteiger partial charge in [0.15, 0.2) is 0 Å². The number of allylic oxidation sites excluding steroid dienone is 11. The van der Waals surface area contributed by atoms with Gasteiger partial charge in [-0.05, 0) is 110 Å². The van der Waals surface area contributed by atoms with Crippen LogP contribution in [0, 0.1) is 5.92 Å². The van der Waals surface area contributed by atoms with E-state index in [1.165, 1.54) is 85.6 Å². The molecular formula is C48H42N2S2. The van der Waals surface area contributed by atoms with Gasteiger partial charge in [0.25, 0.3) is 0 Å². The minimum absolute atomic E-state index is 0.339. The van der Waals surface area contributed by atoms with E-state index in [1.54, 1.807) is 10.5 Å². The largest absolute Gasteiger partial charge is 0.313 e. The number of thioether (sulfide) groups is 1. The molecule has 0 N–H and O–H groups in total. The maximum atomic E-state index is 2.54. The summed E-state index contributed by atoms with van der Waals surface area (Å²) in [6.07, 6.45) is 29.8. The second-order valence-corrected chi connectivity index (χ2v) is 16.8. The standard InChI is InChI=1S/C48H42N2S2/c1-3-13-35(14-4-1)49(43-21-11-19-41-39-17-7-9-23-45(39)51-47(41)43)37-29-25-33(26-30-37)34-27-31-38(32-28-34)50(36-15-5-2-6-16-36)44-22-12-20-42-40-18-8-10-24-46(40)52-48(42)44/h1,3-5,8,10-16,18-22,24-25,27-33,41,47H,2,6-7,9,17,23,26H2. The summed E-state index contributed by atoms with van der Waals surface area (Å²) >= 11 is 4.04. The summed E-state index contributed by atoms with van der Waals surface area (Å²) in [6, 6.07) is 36.0. The normalized spacial score (nSPS) is 22.2. The molecule has 1 aromatic heterocycles. The molecule has 0 bridgehead atoms. The fourth-order valence-electron chi connectivity index (χ4n) is 8.85. The van der Waals surface area contributed by atoms with Gasteiger partial charge in [-0.2, -0.15) is 0 Å². The minimum Gasteiger partial charge on any atom is -0.313 e. The molecule has 3 unspecified atom stereocenters. The summed E-state index contributed by atoms with van der Waals surface area (Å²) in [4.78, 5) is 6.68. The van der Waals surface area contributed by atoms with E-state index >= 15 is 0 Å². The highest BCUT2D eigenvalue weighted by Gasteiger charge is 2.40. The number of nitrogens with zero attached hydrogens (tertiary/aromatic N) is 2. The Labute approximate surface area is 315 Å². The van der Waals surface area contributed by atoms with Crippen molar-refractivity contribution in [3.63, 3.8) is 0 Å². The molecule has 0 spiro atoms. The summed E-state index contributed by atoms with van der Waals surface area (Å²) < 4.78 is 2.68. The number of para-hydroxylation sites is 1. The molecule has 2 heterocycles. The van der Waals surface area contributed by atoms with E-state index in [9.17, 15) is 0 Å². The second-order valence-electron chi connectivity index (χ2n) is 14.5. The topological polar surface area (TPSA) is 6.48 Å². The molecule has 52 heavy (non-hydrogen) atoms. The third-order valence-corrected chi connectivity index (χ3v) is 14.1. The molecule has 5 aromatic rings. The third-order valence-electron chi connectivity index (χ3n) is 11.4. The van der Waals surface area contributed by atoms with Gasteiger partial charge < -0.3 is 9.80 Å². The van der Waals surface area contributed by atoms with Crippen molar-refractivity contribution in [2.75, 3.05) is 9.80 Å². The Bertz CT molecular complexity index is 2380. The number of hydrogen-bond acceptors (Lipinski definition) is 4. The number of thiophene rings is 1. The molecule has 5 aliphatic rings. The molecule has 2 nitrogen and oxygen atoms in total. The SMILES string of the molecule is C1=CC2C3=C(CCCC3)SC2C(N(C2=CCC(c3ccc(N(C4=CCCC=C4)c4cccc5c4sc4ccccc45)cc3)C=C2)c2ccccc2)=C1. The number of rotatable bonds is 7. The summed E-state index contributed by atoms with van der Waals surface area (Å²) in [6.45, 7) is 0. The Kier molecular flexibility index (Phi) is 8.38. The molecule has 4 aromatic carbocycles. The summed E-state index contributed by atoms with van der Waals surface area (Å²) in [5.74, 6) is 0.864. The van der Waals surface area contributed by atoms with E-state index in [-0.39, 0.29) is 0 Å². The molecule has 3 atom stereocenters. The predicted molar refractivity (Wildman–Crippen MR) is 225 cm³/mol. The highest BCUT2D eigenvalue weighted by molar-refractivity contribution is 8.04.